The molecule has 8 nitrogen and oxygen atoms in total. The van der Waals surface area contributed by atoms with E-state index in [4.69, 9.17) is 15.0 Å². The summed E-state index contributed by atoms with van der Waals surface area (Å²) < 4.78 is 11.0. The van der Waals surface area contributed by atoms with E-state index in [1.165, 1.54) is 0 Å². The van der Waals surface area contributed by atoms with Crippen molar-refractivity contribution in [3.8, 4) is 17.4 Å². The van der Waals surface area contributed by atoms with Crippen LogP contribution in [0.5, 0.6) is 11.7 Å². The van der Waals surface area contributed by atoms with Gasteiger partial charge in [-0.25, -0.2) is 4.98 Å². The highest BCUT2D eigenvalue weighted by Crippen LogP contribution is 2.35. The molecule has 0 atom stereocenters. The molecule has 0 unspecified atom stereocenters. The maximum Gasteiger partial charge on any atom is 0.312 e. The van der Waals surface area contributed by atoms with E-state index in [9.17, 15) is 9.90 Å². The molecular formula is C19H16N4O4S. The van der Waals surface area contributed by atoms with E-state index in [0.29, 0.717) is 27.3 Å². The lowest BCUT2D eigenvalue weighted by atomic mass is 10.1. The SMILES string of the molecule is COc1ccc(-[n+]2noc([O-])c2C(=O)c2sc3nc(C)c(C)cc3c2N)cc1. The largest absolute Gasteiger partial charge is 0.539 e. The Hall–Kier alpha value is -3.46. The van der Waals surface area contributed by atoms with Crippen LogP contribution >= 0.6 is 11.3 Å². The van der Waals surface area contributed by atoms with Gasteiger partial charge < -0.3 is 20.1 Å². The molecule has 3 aromatic heterocycles. The first-order chi connectivity index (χ1) is 13.4. The number of nitrogen functional groups attached to an aromatic ring is 1. The Labute approximate surface area is 163 Å². The minimum Gasteiger partial charge on any atom is -0.539 e. The normalized spacial score (nSPS) is 11.1. The number of anilines is 1. The van der Waals surface area contributed by atoms with E-state index >= 15 is 0 Å². The van der Waals surface area contributed by atoms with Crippen LogP contribution in [-0.2, 0) is 0 Å². The maximum atomic E-state index is 13.2. The fraction of sp³-hybridized carbons (Fsp3) is 0.158. The van der Waals surface area contributed by atoms with E-state index in [1.54, 1.807) is 31.4 Å². The first-order valence-corrected chi connectivity index (χ1v) is 9.16. The van der Waals surface area contributed by atoms with Crippen molar-refractivity contribution in [1.82, 2.24) is 10.3 Å². The van der Waals surface area contributed by atoms with Gasteiger partial charge in [0.05, 0.1) is 18.1 Å². The van der Waals surface area contributed by atoms with Crippen molar-refractivity contribution in [2.45, 2.75) is 13.8 Å². The quantitative estimate of drug-likeness (QED) is 0.414. The maximum absolute atomic E-state index is 13.2. The average Bonchev–Trinajstić information content (AvgIpc) is 3.22. The molecule has 0 spiro atoms. The minimum absolute atomic E-state index is 0.225. The summed E-state index contributed by atoms with van der Waals surface area (Å²) in [5.74, 6) is -0.760. The standard InChI is InChI=1S/C19H16N4O4S/c1-9-8-13-14(20)17(28-18(13)21-10(9)2)16(24)15-19(25)27-22-23(15)11-4-6-12(26-3)7-5-11/h4-8H,1-3H3,(H2-,20,22,24,25). The summed E-state index contributed by atoms with van der Waals surface area (Å²) in [6.07, 6.45) is 0. The summed E-state index contributed by atoms with van der Waals surface area (Å²) in [5, 5.41) is 16.6. The predicted octanol–water partition coefficient (Wildman–Crippen LogP) is 2.07. The van der Waals surface area contributed by atoms with Crippen LogP contribution in [0.2, 0.25) is 0 Å². The Balaban J connectivity index is 1.84. The van der Waals surface area contributed by atoms with Crippen molar-refractivity contribution in [2.75, 3.05) is 12.8 Å². The highest BCUT2D eigenvalue weighted by atomic mass is 32.1. The van der Waals surface area contributed by atoms with Crippen molar-refractivity contribution in [3.63, 3.8) is 0 Å². The molecule has 0 bridgehead atoms. The average molecular weight is 396 g/mol. The number of rotatable bonds is 4. The number of benzene rings is 1. The molecule has 9 heteroatoms. The molecule has 0 aliphatic carbocycles. The van der Waals surface area contributed by atoms with Crippen LogP contribution in [0.25, 0.3) is 15.9 Å². The number of nitrogens with two attached hydrogens (primary N) is 1. The van der Waals surface area contributed by atoms with Crippen molar-refractivity contribution >= 4 is 33.0 Å². The van der Waals surface area contributed by atoms with Gasteiger partial charge in [0, 0.05) is 23.2 Å². The molecule has 0 amide bonds. The van der Waals surface area contributed by atoms with Crippen molar-refractivity contribution in [3.05, 3.63) is 52.2 Å². The predicted molar refractivity (Wildman–Crippen MR) is 101 cm³/mol. The number of methoxy groups -OCH3 is 1. The first-order valence-electron chi connectivity index (χ1n) is 8.35. The van der Waals surface area contributed by atoms with Crippen LogP contribution in [0.3, 0.4) is 0 Å². The van der Waals surface area contributed by atoms with Gasteiger partial charge >= 0.3 is 5.69 Å². The number of hydrogen-bond acceptors (Lipinski definition) is 8. The van der Waals surface area contributed by atoms with Crippen molar-refractivity contribution < 1.29 is 23.8 Å². The Morgan fingerprint density at radius 1 is 1.29 bits per heavy atom. The third kappa shape index (κ3) is 2.76. The molecule has 0 fully saturated rings. The summed E-state index contributed by atoms with van der Waals surface area (Å²) >= 11 is 1.14. The summed E-state index contributed by atoms with van der Waals surface area (Å²) in [4.78, 5) is 18.5. The highest BCUT2D eigenvalue weighted by molar-refractivity contribution is 7.21. The molecule has 3 heterocycles. The third-order valence-electron chi connectivity index (χ3n) is 4.51. The zero-order valence-electron chi connectivity index (χ0n) is 15.3. The molecule has 28 heavy (non-hydrogen) atoms. The van der Waals surface area contributed by atoms with Gasteiger partial charge in [0.2, 0.25) is 5.69 Å². The Morgan fingerprint density at radius 2 is 2.00 bits per heavy atom. The van der Waals surface area contributed by atoms with Gasteiger partial charge in [-0.15, -0.1) is 11.3 Å². The van der Waals surface area contributed by atoms with Gasteiger partial charge in [0.25, 0.3) is 5.78 Å². The van der Waals surface area contributed by atoms with E-state index in [0.717, 1.165) is 27.3 Å². The number of ether oxygens (including phenoxy) is 1. The molecule has 142 valence electrons. The second-order valence-electron chi connectivity index (χ2n) is 6.24. The van der Waals surface area contributed by atoms with Crippen LogP contribution in [0, 0.1) is 13.8 Å². The van der Waals surface area contributed by atoms with Crippen LogP contribution in [0.15, 0.2) is 34.9 Å². The highest BCUT2D eigenvalue weighted by Gasteiger charge is 2.32. The number of pyridine rings is 1. The third-order valence-corrected chi connectivity index (χ3v) is 5.63. The Kier molecular flexibility index (Phi) is 4.23. The molecule has 1 aromatic carbocycles. The Bertz CT molecular complexity index is 1210. The van der Waals surface area contributed by atoms with Crippen molar-refractivity contribution in [1.29, 1.82) is 0 Å². The number of carbonyl (C=O) groups is 1. The topological polar surface area (TPSA) is 118 Å². The molecule has 0 saturated carbocycles. The lowest BCUT2D eigenvalue weighted by Crippen LogP contribution is -2.39. The number of aromatic nitrogens is 3. The molecule has 0 aliphatic rings. The van der Waals surface area contributed by atoms with Gasteiger partial charge in [0.1, 0.15) is 15.5 Å². The minimum atomic E-state index is -0.835. The second-order valence-corrected chi connectivity index (χ2v) is 7.24. The van der Waals surface area contributed by atoms with Crippen LogP contribution < -0.4 is 20.3 Å². The smallest absolute Gasteiger partial charge is 0.312 e. The molecule has 2 N–H and O–H groups in total. The molecule has 0 radical (unpaired) electrons. The van der Waals surface area contributed by atoms with E-state index in [-0.39, 0.29) is 10.6 Å². The fourth-order valence-electron chi connectivity index (χ4n) is 2.84. The van der Waals surface area contributed by atoms with Crippen molar-refractivity contribution in [2.24, 2.45) is 0 Å². The van der Waals surface area contributed by atoms with Crippen LogP contribution in [0.4, 0.5) is 5.69 Å². The zero-order valence-corrected chi connectivity index (χ0v) is 16.2. The second kappa shape index (κ2) is 6.61. The molecular weight excluding hydrogens is 380 g/mol. The Morgan fingerprint density at radius 3 is 2.68 bits per heavy atom. The van der Waals surface area contributed by atoms with Gasteiger partial charge in [-0.2, -0.15) is 0 Å². The number of ketones is 1. The number of aryl methyl sites for hydroxylation is 2. The summed E-state index contributed by atoms with van der Waals surface area (Å²) in [7, 11) is 1.55. The molecule has 0 aliphatic heterocycles. The van der Waals surface area contributed by atoms with Gasteiger partial charge in [-0.1, -0.05) is 0 Å². The first kappa shape index (κ1) is 17.9. The molecule has 0 saturated heterocycles. The van der Waals surface area contributed by atoms with Gasteiger partial charge in [-0.05, 0) is 42.3 Å². The van der Waals surface area contributed by atoms with Gasteiger partial charge in [-0.3, -0.25) is 4.79 Å². The fourth-order valence-corrected chi connectivity index (χ4v) is 3.91. The number of nitrogens with zero attached hydrogens (tertiary/aromatic N) is 3. The molecule has 4 aromatic rings. The van der Waals surface area contributed by atoms with Crippen LogP contribution in [0.1, 0.15) is 26.6 Å². The lowest BCUT2D eigenvalue weighted by Gasteiger charge is -2.00. The number of hydrogen-bond donors (Lipinski definition) is 1. The summed E-state index contributed by atoms with van der Waals surface area (Å²) in [6.45, 7) is 3.81. The monoisotopic (exact) mass is 396 g/mol. The molecule has 4 rings (SSSR count). The number of fused-ring (bicyclic) bond motifs is 1. The van der Waals surface area contributed by atoms with E-state index < -0.39 is 11.7 Å². The van der Waals surface area contributed by atoms with Gasteiger partial charge in [0.15, 0.2) is 5.95 Å². The number of carbonyl (C=O) groups excluding carboxylic acids is 1. The van der Waals surface area contributed by atoms with E-state index in [1.807, 2.05) is 19.9 Å². The zero-order chi connectivity index (χ0) is 20.0. The van der Waals surface area contributed by atoms with Crippen LogP contribution in [-0.4, -0.2) is 23.1 Å². The lowest BCUT2D eigenvalue weighted by molar-refractivity contribution is -0.672. The summed E-state index contributed by atoms with van der Waals surface area (Å²) in [6, 6.07) is 8.61. The number of thiophene rings is 1. The van der Waals surface area contributed by atoms with E-state index in [2.05, 4.69) is 10.3 Å². The summed E-state index contributed by atoms with van der Waals surface area (Å²) in [5.41, 5.74) is 8.59.